The average molecular weight is 645 g/mol. The molecule has 0 unspecified atom stereocenters. The second kappa shape index (κ2) is 10.9. The van der Waals surface area contributed by atoms with E-state index in [4.69, 9.17) is 0 Å². The highest BCUT2D eigenvalue weighted by Crippen LogP contribution is 2.37. The molecule has 1 aromatic heterocycles. The van der Waals surface area contributed by atoms with Crippen molar-refractivity contribution in [2.75, 3.05) is 10.6 Å². The third-order valence-corrected chi connectivity index (χ3v) is 7.67. The second-order valence-corrected chi connectivity index (χ2v) is 10.4. The van der Waals surface area contributed by atoms with Gasteiger partial charge in [0.05, 0.1) is 11.2 Å². The van der Waals surface area contributed by atoms with E-state index in [2.05, 4.69) is 39.3 Å². The second-order valence-electron chi connectivity index (χ2n) is 9.35. The van der Waals surface area contributed by atoms with Crippen LogP contribution in [0.3, 0.4) is 0 Å². The SMILES string of the molecule is Cc1cccc(-c2ccc(NC(=O)C(=O)Nc3cccc(-c4c(I)c5cc(C(=O)O)c(O)cc5n4C)c3)cc2)c1. The third-order valence-electron chi connectivity index (χ3n) is 6.58. The van der Waals surface area contributed by atoms with Crippen molar-refractivity contribution in [2.24, 2.45) is 7.05 Å². The van der Waals surface area contributed by atoms with Gasteiger partial charge >= 0.3 is 17.8 Å². The number of halogens is 1. The maximum Gasteiger partial charge on any atom is 0.339 e. The molecule has 2 amide bonds. The Labute approximate surface area is 243 Å². The van der Waals surface area contributed by atoms with E-state index in [-0.39, 0.29) is 11.3 Å². The number of carbonyl (C=O) groups excluding carboxylic acids is 2. The van der Waals surface area contributed by atoms with E-state index >= 15 is 0 Å². The van der Waals surface area contributed by atoms with Gasteiger partial charge in [0.25, 0.3) is 0 Å². The van der Waals surface area contributed by atoms with Gasteiger partial charge in [0, 0.05) is 39.0 Å². The van der Waals surface area contributed by atoms with E-state index < -0.39 is 17.8 Å². The number of fused-ring (bicyclic) bond motifs is 1. The molecule has 0 atom stereocenters. The number of anilines is 2. The molecule has 0 spiro atoms. The highest BCUT2D eigenvalue weighted by molar-refractivity contribution is 14.1. The van der Waals surface area contributed by atoms with Gasteiger partial charge in [-0.05, 0) is 71.0 Å². The average Bonchev–Trinajstić information content (AvgIpc) is 3.17. The first-order chi connectivity index (χ1) is 19.1. The molecule has 4 aromatic carbocycles. The Balaban J connectivity index is 1.33. The third kappa shape index (κ3) is 5.28. The Morgan fingerprint density at radius 1 is 0.775 bits per heavy atom. The number of rotatable bonds is 5. The van der Waals surface area contributed by atoms with Crippen LogP contribution >= 0.6 is 22.6 Å². The molecular weight excluding hydrogens is 621 g/mol. The first kappa shape index (κ1) is 26.9. The van der Waals surface area contributed by atoms with Crippen molar-refractivity contribution in [1.82, 2.24) is 4.57 Å². The molecule has 0 radical (unpaired) electrons. The number of nitrogens with zero attached hydrogens (tertiary/aromatic N) is 1. The summed E-state index contributed by atoms with van der Waals surface area (Å²) >= 11 is 2.14. The van der Waals surface area contributed by atoms with E-state index in [0.29, 0.717) is 22.3 Å². The highest BCUT2D eigenvalue weighted by Gasteiger charge is 2.20. The number of nitrogens with one attached hydrogen (secondary N) is 2. The van der Waals surface area contributed by atoms with Crippen LogP contribution in [0, 0.1) is 10.5 Å². The molecule has 0 saturated carbocycles. The minimum Gasteiger partial charge on any atom is -0.507 e. The monoisotopic (exact) mass is 645 g/mol. The van der Waals surface area contributed by atoms with Crippen LogP contribution in [0.25, 0.3) is 33.3 Å². The van der Waals surface area contributed by atoms with E-state index in [1.54, 1.807) is 30.3 Å². The van der Waals surface area contributed by atoms with Crippen LogP contribution in [0.1, 0.15) is 15.9 Å². The molecule has 0 fully saturated rings. The largest absolute Gasteiger partial charge is 0.507 e. The molecule has 9 heteroatoms. The molecule has 0 saturated heterocycles. The minimum atomic E-state index is -1.22. The predicted octanol–water partition coefficient (Wildman–Crippen LogP) is 6.41. The maximum absolute atomic E-state index is 12.7. The van der Waals surface area contributed by atoms with Gasteiger partial charge in [-0.1, -0.05) is 54.1 Å². The van der Waals surface area contributed by atoms with Gasteiger partial charge in [-0.2, -0.15) is 0 Å². The number of aromatic carboxylic acids is 1. The smallest absolute Gasteiger partial charge is 0.339 e. The van der Waals surface area contributed by atoms with Gasteiger partial charge < -0.3 is 25.4 Å². The van der Waals surface area contributed by atoms with Crippen molar-refractivity contribution in [3.8, 4) is 28.1 Å². The number of carboxylic acid groups (broad SMARTS) is 1. The lowest BCUT2D eigenvalue weighted by atomic mass is 10.0. The van der Waals surface area contributed by atoms with Crippen molar-refractivity contribution >= 4 is 62.7 Å². The van der Waals surface area contributed by atoms with Crippen LogP contribution in [0.15, 0.2) is 84.9 Å². The van der Waals surface area contributed by atoms with E-state index in [1.165, 1.54) is 12.1 Å². The summed E-state index contributed by atoms with van der Waals surface area (Å²) in [5, 5.41) is 25.5. The van der Waals surface area contributed by atoms with Crippen molar-refractivity contribution in [2.45, 2.75) is 6.92 Å². The number of amides is 2. The van der Waals surface area contributed by atoms with Gasteiger partial charge in [0.15, 0.2) is 0 Å². The number of benzene rings is 4. The number of hydrogen-bond acceptors (Lipinski definition) is 4. The van der Waals surface area contributed by atoms with Gasteiger partial charge in [0.1, 0.15) is 11.3 Å². The van der Waals surface area contributed by atoms with E-state index in [9.17, 15) is 24.6 Å². The standard InChI is InChI=1S/C31H24IN3O5/c1-17-5-3-6-19(13-17)18-9-11-21(12-10-18)33-29(37)30(38)34-22-8-4-7-20(14-22)28-27(32)23-15-24(31(39)40)26(36)16-25(23)35(28)2/h3-16,36H,1-2H3,(H,33,37)(H,34,38)(H,39,40). The summed E-state index contributed by atoms with van der Waals surface area (Å²) in [4.78, 5) is 36.8. The molecule has 0 aliphatic rings. The molecule has 5 rings (SSSR count). The zero-order chi connectivity index (χ0) is 28.6. The van der Waals surface area contributed by atoms with Crippen LogP contribution in [-0.4, -0.2) is 32.6 Å². The van der Waals surface area contributed by atoms with Crippen LogP contribution in [0.2, 0.25) is 0 Å². The highest BCUT2D eigenvalue weighted by atomic mass is 127. The summed E-state index contributed by atoms with van der Waals surface area (Å²) in [5.74, 6) is -3.15. The van der Waals surface area contributed by atoms with Crippen LogP contribution in [0.5, 0.6) is 5.75 Å². The topological polar surface area (TPSA) is 121 Å². The van der Waals surface area contributed by atoms with Crippen LogP contribution in [0.4, 0.5) is 11.4 Å². The number of aromatic hydroxyl groups is 1. The fourth-order valence-electron chi connectivity index (χ4n) is 4.61. The van der Waals surface area contributed by atoms with Crippen molar-refractivity contribution in [3.05, 3.63) is 99.6 Å². The Hall–Kier alpha value is -4.64. The molecular formula is C31H24IN3O5. The minimum absolute atomic E-state index is 0.181. The molecule has 4 N–H and O–H groups in total. The van der Waals surface area contributed by atoms with Crippen molar-refractivity contribution in [1.29, 1.82) is 0 Å². The normalized spacial score (nSPS) is 10.9. The van der Waals surface area contributed by atoms with Crippen LogP contribution < -0.4 is 10.6 Å². The zero-order valence-corrected chi connectivity index (χ0v) is 23.7. The Kier molecular flexibility index (Phi) is 7.31. The summed E-state index contributed by atoms with van der Waals surface area (Å²) in [5.41, 5.74) is 6.12. The first-order valence-corrected chi connectivity index (χ1v) is 13.3. The lowest BCUT2D eigenvalue weighted by Gasteiger charge is -2.10. The quantitative estimate of drug-likeness (QED) is 0.130. The van der Waals surface area contributed by atoms with Gasteiger partial charge in [0.2, 0.25) is 0 Å². The van der Waals surface area contributed by atoms with Crippen molar-refractivity contribution in [3.63, 3.8) is 0 Å². The number of carbonyl (C=O) groups is 3. The van der Waals surface area contributed by atoms with E-state index in [1.807, 2.05) is 54.9 Å². The summed E-state index contributed by atoms with van der Waals surface area (Å²) in [6, 6.07) is 25.2. The molecule has 0 aliphatic heterocycles. The van der Waals surface area contributed by atoms with Crippen molar-refractivity contribution < 1.29 is 24.6 Å². The van der Waals surface area contributed by atoms with Gasteiger partial charge in [-0.3, -0.25) is 9.59 Å². The number of carboxylic acids is 1. The number of phenols is 1. The first-order valence-electron chi connectivity index (χ1n) is 12.3. The fraction of sp³-hybridized carbons (Fsp3) is 0.0645. The maximum atomic E-state index is 12.7. The fourth-order valence-corrected chi connectivity index (χ4v) is 5.71. The predicted molar refractivity (Wildman–Crippen MR) is 164 cm³/mol. The lowest BCUT2D eigenvalue weighted by molar-refractivity contribution is -0.132. The molecule has 0 aliphatic carbocycles. The van der Waals surface area contributed by atoms with Gasteiger partial charge in [-0.25, -0.2) is 4.79 Å². The zero-order valence-electron chi connectivity index (χ0n) is 21.5. The molecule has 200 valence electrons. The molecule has 5 aromatic rings. The summed E-state index contributed by atoms with van der Waals surface area (Å²) in [7, 11) is 1.81. The summed E-state index contributed by atoms with van der Waals surface area (Å²) in [6.45, 7) is 2.03. The van der Waals surface area contributed by atoms with E-state index in [0.717, 1.165) is 31.5 Å². The number of hydrogen-bond donors (Lipinski definition) is 4. The van der Waals surface area contributed by atoms with Crippen LogP contribution in [-0.2, 0) is 16.6 Å². The molecule has 40 heavy (non-hydrogen) atoms. The lowest BCUT2D eigenvalue weighted by Crippen LogP contribution is -2.29. The molecule has 1 heterocycles. The Bertz CT molecular complexity index is 1810. The Morgan fingerprint density at radius 3 is 2.10 bits per heavy atom. The Morgan fingerprint density at radius 2 is 1.43 bits per heavy atom. The summed E-state index contributed by atoms with van der Waals surface area (Å²) in [6.07, 6.45) is 0. The molecule has 0 bridgehead atoms. The number of aromatic nitrogens is 1. The number of aryl methyl sites for hydroxylation is 2. The summed E-state index contributed by atoms with van der Waals surface area (Å²) < 4.78 is 2.63. The van der Waals surface area contributed by atoms with Gasteiger partial charge in [-0.15, -0.1) is 0 Å². The molecule has 8 nitrogen and oxygen atoms in total.